The molecule has 0 unspecified atom stereocenters. The molecule has 96 valence electrons. The third-order valence-electron chi connectivity index (χ3n) is 2.30. The quantitative estimate of drug-likeness (QED) is 0.727. The van der Waals surface area contributed by atoms with Crippen LogP contribution in [0.2, 0.25) is 10.3 Å². The van der Waals surface area contributed by atoms with Gasteiger partial charge < -0.3 is 4.74 Å². The predicted octanol–water partition coefficient (Wildman–Crippen LogP) is 4.42. The smallest absolute Gasteiger partial charge is 0.226 e. The Morgan fingerprint density at radius 2 is 1.78 bits per heavy atom. The molecule has 0 bridgehead atoms. The van der Waals surface area contributed by atoms with E-state index >= 15 is 0 Å². The van der Waals surface area contributed by atoms with E-state index in [-0.39, 0.29) is 10.9 Å². The molecule has 5 heteroatoms. The van der Waals surface area contributed by atoms with Crippen LogP contribution in [0.1, 0.15) is 26.3 Å². The molecule has 0 atom stereocenters. The van der Waals surface area contributed by atoms with Gasteiger partial charge in [-0.25, -0.2) is 4.98 Å². The van der Waals surface area contributed by atoms with E-state index in [0.29, 0.717) is 10.9 Å². The largest absolute Gasteiger partial charge is 0.471 e. The number of nitrogens with zero attached hydrogens (tertiary/aromatic N) is 2. The van der Waals surface area contributed by atoms with E-state index in [4.69, 9.17) is 27.9 Å². The van der Waals surface area contributed by atoms with Gasteiger partial charge >= 0.3 is 0 Å². The molecule has 0 saturated carbocycles. The summed E-state index contributed by atoms with van der Waals surface area (Å²) in [7, 11) is 0. The van der Waals surface area contributed by atoms with Crippen LogP contribution in [-0.2, 0) is 0 Å². The molecule has 0 aliphatic carbocycles. The van der Waals surface area contributed by atoms with Gasteiger partial charge in [0.1, 0.15) is 5.60 Å². The molecular weight excluding hydrogens is 271 g/mol. The van der Waals surface area contributed by atoms with Gasteiger partial charge in [0.25, 0.3) is 0 Å². The molecule has 0 N–H and O–H groups in total. The number of ether oxygens (including phenoxy) is 1. The van der Waals surface area contributed by atoms with Crippen LogP contribution in [0, 0.1) is 6.92 Å². The van der Waals surface area contributed by atoms with Crippen molar-refractivity contribution < 1.29 is 4.74 Å². The molecule has 0 amide bonds. The average Bonchev–Trinajstić information content (AvgIpc) is 2.17. The Morgan fingerprint density at radius 3 is 2.39 bits per heavy atom. The molecule has 0 aliphatic rings. The van der Waals surface area contributed by atoms with Crippen LogP contribution in [-0.4, -0.2) is 15.6 Å². The maximum absolute atomic E-state index is 6.06. The Kier molecular flexibility index (Phi) is 3.39. The lowest BCUT2D eigenvalue weighted by molar-refractivity contribution is 0.126. The van der Waals surface area contributed by atoms with Crippen molar-refractivity contribution in [2.45, 2.75) is 33.3 Å². The van der Waals surface area contributed by atoms with Crippen molar-refractivity contribution in [3.8, 4) is 5.88 Å². The van der Waals surface area contributed by atoms with E-state index in [2.05, 4.69) is 9.97 Å². The molecule has 0 spiro atoms. The summed E-state index contributed by atoms with van der Waals surface area (Å²) >= 11 is 12.0. The first-order chi connectivity index (χ1) is 8.26. The van der Waals surface area contributed by atoms with Crippen molar-refractivity contribution in [1.82, 2.24) is 9.97 Å². The highest BCUT2D eigenvalue weighted by Gasteiger charge is 2.17. The molecule has 0 radical (unpaired) electrons. The summed E-state index contributed by atoms with van der Waals surface area (Å²) in [5.74, 6) is 0.461. The van der Waals surface area contributed by atoms with Crippen LogP contribution in [0.4, 0.5) is 0 Å². The topological polar surface area (TPSA) is 35.0 Å². The van der Waals surface area contributed by atoms with Crippen molar-refractivity contribution in [3.63, 3.8) is 0 Å². The standard InChI is InChI=1S/C13H14Cl2N2O/c1-7-5-8(14)6-9-10(7)16-12(15)17-11(9)18-13(2,3)4/h5-6H,1-4H3. The van der Waals surface area contributed by atoms with Gasteiger partial charge in [0.2, 0.25) is 11.2 Å². The zero-order valence-electron chi connectivity index (χ0n) is 10.7. The van der Waals surface area contributed by atoms with Gasteiger partial charge in [-0.2, -0.15) is 4.98 Å². The maximum atomic E-state index is 6.06. The minimum absolute atomic E-state index is 0.173. The van der Waals surface area contributed by atoms with Crippen molar-refractivity contribution in [3.05, 3.63) is 28.0 Å². The number of benzene rings is 1. The molecule has 0 aliphatic heterocycles. The van der Waals surface area contributed by atoms with E-state index in [1.54, 1.807) is 6.07 Å². The zero-order chi connectivity index (χ0) is 13.5. The highest BCUT2D eigenvalue weighted by atomic mass is 35.5. The highest BCUT2D eigenvalue weighted by Crippen LogP contribution is 2.31. The summed E-state index contributed by atoms with van der Waals surface area (Å²) in [5.41, 5.74) is 1.35. The van der Waals surface area contributed by atoms with E-state index in [1.807, 2.05) is 33.8 Å². The fourth-order valence-corrected chi connectivity index (χ4v) is 2.11. The number of halogens is 2. The second kappa shape index (κ2) is 4.56. The van der Waals surface area contributed by atoms with Crippen LogP contribution in [0.5, 0.6) is 5.88 Å². The number of hydrogen-bond acceptors (Lipinski definition) is 3. The second-order valence-corrected chi connectivity index (χ2v) is 5.91. The van der Waals surface area contributed by atoms with Crippen molar-refractivity contribution >= 4 is 34.1 Å². The molecule has 1 heterocycles. The van der Waals surface area contributed by atoms with E-state index < -0.39 is 0 Å². The second-order valence-electron chi connectivity index (χ2n) is 5.13. The van der Waals surface area contributed by atoms with Gasteiger partial charge in [-0.1, -0.05) is 11.6 Å². The summed E-state index contributed by atoms with van der Waals surface area (Å²) in [6.45, 7) is 7.78. The number of rotatable bonds is 1. The van der Waals surface area contributed by atoms with E-state index in [0.717, 1.165) is 16.5 Å². The van der Waals surface area contributed by atoms with Gasteiger partial charge in [0.05, 0.1) is 10.9 Å². The number of aryl methyl sites for hydroxylation is 1. The molecule has 3 nitrogen and oxygen atoms in total. The Balaban J connectivity index is 2.72. The zero-order valence-corrected chi connectivity index (χ0v) is 12.2. The predicted molar refractivity (Wildman–Crippen MR) is 74.7 cm³/mol. The van der Waals surface area contributed by atoms with E-state index in [9.17, 15) is 0 Å². The third-order valence-corrected chi connectivity index (χ3v) is 2.68. The fourth-order valence-electron chi connectivity index (χ4n) is 1.68. The normalized spacial score (nSPS) is 11.9. The first-order valence-electron chi connectivity index (χ1n) is 5.59. The molecule has 18 heavy (non-hydrogen) atoms. The van der Waals surface area contributed by atoms with Crippen molar-refractivity contribution in [2.24, 2.45) is 0 Å². The van der Waals surface area contributed by atoms with Crippen LogP contribution < -0.4 is 4.74 Å². The van der Waals surface area contributed by atoms with E-state index in [1.165, 1.54) is 0 Å². The first kappa shape index (κ1) is 13.4. The summed E-state index contributed by atoms with van der Waals surface area (Å²) in [4.78, 5) is 8.37. The maximum Gasteiger partial charge on any atom is 0.226 e. The average molecular weight is 285 g/mol. The molecule has 2 rings (SSSR count). The van der Waals surface area contributed by atoms with Gasteiger partial charge in [-0.15, -0.1) is 0 Å². The SMILES string of the molecule is Cc1cc(Cl)cc2c(OC(C)(C)C)nc(Cl)nc12. The van der Waals surface area contributed by atoms with Crippen LogP contribution in [0.15, 0.2) is 12.1 Å². The van der Waals surface area contributed by atoms with Crippen molar-refractivity contribution in [1.29, 1.82) is 0 Å². The third kappa shape index (κ3) is 2.85. The Hall–Kier alpha value is -1.06. The Labute approximate surface area is 116 Å². The summed E-state index contributed by atoms with van der Waals surface area (Å²) in [6.07, 6.45) is 0. The fraction of sp³-hybridized carbons (Fsp3) is 0.385. The Morgan fingerprint density at radius 1 is 1.11 bits per heavy atom. The Bertz CT molecular complexity index is 606. The lowest BCUT2D eigenvalue weighted by Crippen LogP contribution is -2.23. The monoisotopic (exact) mass is 284 g/mol. The minimum Gasteiger partial charge on any atom is -0.471 e. The first-order valence-corrected chi connectivity index (χ1v) is 6.34. The van der Waals surface area contributed by atoms with Gasteiger partial charge in [-0.05, 0) is 57.0 Å². The van der Waals surface area contributed by atoms with Gasteiger partial charge in [0, 0.05) is 5.02 Å². The molecular formula is C13H14Cl2N2O. The molecule has 2 aromatic rings. The lowest BCUT2D eigenvalue weighted by Gasteiger charge is -2.21. The number of hydrogen-bond donors (Lipinski definition) is 0. The van der Waals surface area contributed by atoms with Crippen molar-refractivity contribution in [2.75, 3.05) is 0 Å². The minimum atomic E-state index is -0.360. The summed E-state index contributed by atoms with van der Waals surface area (Å²) in [5, 5.41) is 1.58. The lowest BCUT2D eigenvalue weighted by atomic mass is 10.1. The van der Waals surface area contributed by atoms with Crippen LogP contribution in [0.25, 0.3) is 10.9 Å². The number of aromatic nitrogens is 2. The molecule has 0 saturated heterocycles. The highest BCUT2D eigenvalue weighted by molar-refractivity contribution is 6.31. The molecule has 1 aromatic carbocycles. The summed E-state index contributed by atoms with van der Waals surface area (Å²) < 4.78 is 5.81. The summed E-state index contributed by atoms with van der Waals surface area (Å²) in [6, 6.07) is 3.63. The van der Waals surface area contributed by atoms with Gasteiger partial charge in [0.15, 0.2) is 0 Å². The van der Waals surface area contributed by atoms with Crippen LogP contribution in [0.3, 0.4) is 0 Å². The van der Waals surface area contributed by atoms with Gasteiger partial charge in [-0.3, -0.25) is 0 Å². The molecule has 1 aromatic heterocycles. The molecule has 0 fully saturated rings. The number of fused-ring (bicyclic) bond motifs is 1. The van der Waals surface area contributed by atoms with Crippen LogP contribution >= 0.6 is 23.2 Å².